The lowest BCUT2D eigenvalue weighted by molar-refractivity contribution is -0.0479. The largest absolute Gasteiger partial charge is 0.381 e. The maximum absolute atomic E-state index is 5.94. The van der Waals surface area contributed by atoms with Crippen molar-refractivity contribution in [2.45, 2.75) is 44.7 Å². The third-order valence-corrected chi connectivity index (χ3v) is 3.52. The van der Waals surface area contributed by atoms with Crippen molar-refractivity contribution in [2.75, 3.05) is 26.8 Å². The second kappa shape index (κ2) is 4.17. The van der Waals surface area contributed by atoms with E-state index in [1.807, 2.05) is 0 Å². The molecule has 3 nitrogen and oxygen atoms in total. The summed E-state index contributed by atoms with van der Waals surface area (Å²) in [6, 6.07) is 0. The summed E-state index contributed by atoms with van der Waals surface area (Å²) in [6.07, 6.45) is 2.11. The molecule has 14 heavy (non-hydrogen) atoms. The van der Waals surface area contributed by atoms with Crippen LogP contribution in [-0.2, 0) is 4.74 Å². The van der Waals surface area contributed by atoms with Crippen molar-refractivity contribution in [3.8, 4) is 0 Å². The third-order valence-electron chi connectivity index (χ3n) is 3.52. The van der Waals surface area contributed by atoms with E-state index in [4.69, 9.17) is 10.5 Å². The quantitative estimate of drug-likeness (QED) is 0.728. The van der Waals surface area contributed by atoms with Gasteiger partial charge in [-0.05, 0) is 40.7 Å². The third kappa shape index (κ3) is 2.27. The van der Waals surface area contributed by atoms with E-state index in [0.29, 0.717) is 0 Å². The van der Waals surface area contributed by atoms with E-state index in [9.17, 15) is 0 Å². The van der Waals surface area contributed by atoms with Crippen LogP contribution in [0.5, 0.6) is 0 Å². The fourth-order valence-corrected chi connectivity index (χ4v) is 2.14. The Kier molecular flexibility index (Phi) is 3.56. The maximum Gasteiger partial charge on any atom is 0.0484 e. The number of ether oxygens (including phenoxy) is 1. The van der Waals surface area contributed by atoms with Gasteiger partial charge in [-0.15, -0.1) is 0 Å². The number of hydrogen-bond donors (Lipinski definition) is 1. The summed E-state index contributed by atoms with van der Waals surface area (Å²) in [5.74, 6) is 0. The summed E-state index contributed by atoms with van der Waals surface area (Å²) in [5, 5.41) is 0. The van der Waals surface area contributed by atoms with Gasteiger partial charge in [0.25, 0.3) is 0 Å². The molecule has 3 heteroatoms. The van der Waals surface area contributed by atoms with Gasteiger partial charge in [-0.1, -0.05) is 0 Å². The van der Waals surface area contributed by atoms with Crippen LogP contribution in [0.4, 0.5) is 0 Å². The fourth-order valence-electron chi connectivity index (χ4n) is 2.14. The zero-order valence-electron chi connectivity index (χ0n) is 9.97. The van der Waals surface area contributed by atoms with Crippen molar-refractivity contribution in [2.24, 2.45) is 5.73 Å². The first-order chi connectivity index (χ1) is 6.42. The molecule has 1 heterocycles. The van der Waals surface area contributed by atoms with Crippen LogP contribution in [0.1, 0.15) is 33.6 Å². The van der Waals surface area contributed by atoms with Gasteiger partial charge in [0, 0.05) is 30.8 Å². The number of likely N-dealkylation sites (N-methyl/N-ethyl adjacent to an activating group) is 1. The summed E-state index contributed by atoms with van der Waals surface area (Å²) >= 11 is 0. The summed E-state index contributed by atoms with van der Waals surface area (Å²) in [6.45, 7) is 9.12. The van der Waals surface area contributed by atoms with Gasteiger partial charge in [0.15, 0.2) is 0 Å². The van der Waals surface area contributed by atoms with Crippen molar-refractivity contribution in [1.82, 2.24) is 4.90 Å². The average molecular weight is 200 g/mol. The van der Waals surface area contributed by atoms with Crippen LogP contribution in [0.3, 0.4) is 0 Å². The number of nitrogens with two attached hydrogens (primary N) is 1. The summed E-state index contributed by atoms with van der Waals surface area (Å²) in [7, 11) is 2.18. The van der Waals surface area contributed by atoms with Gasteiger partial charge >= 0.3 is 0 Å². The lowest BCUT2D eigenvalue weighted by atomic mass is 9.85. The molecule has 0 saturated carbocycles. The second-order valence-electron chi connectivity index (χ2n) is 5.27. The number of nitrogens with zero attached hydrogens (tertiary/aromatic N) is 1. The summed E-state index contributed by atoms with van der Waals surface area (Å²) in [4.78, 5) is 2.42. The van der Waals surface area contributed by atoms with E-state index in [-0.39, 0.29) is 11.1 Å². The molecule has 84 valence electrons. The highest BCUT2D eigenvalue weighted by atomic mass is 16.5. The monoisotopic (exact) mass is 200 g/mol. The molecule has 1 fully saturated rings. The van der Waals surface area contributed by atoms with Gasteiger partial charge in [0.2, 0.25) is 0 Å². The Labute approximate surface area is 87.6 Å². The van der Waals surface area contributed by atoms with E-state index in [1.54, 1.807) is 0 Å². The van der Waals surface area contributed by atoms with Crippen molar-refractivity contribution in [1.29, 1.82) is 0 Å². The molecule has 0 aromatic carbocycles. The SMILES string of the molecule is CN(C(C)(C)C)C1(CN)CCOCC1. The predicted octanol–water partition coefficient (Wildman–Crippen LogP) is 1.22. The molecule has 0 spiro atoms. The van der Waals surface area contributed by atoms with Crippen LogP contribution in [0.15, 0.2) is 0 Å². The van der Waals surface area contributed by atoms with Crippen LogP contribution in [-0.4, -0.2) is 42.8 Å². The number of hydrogen-bond acceptors (Lipinski definition) is 3. The standard InChI is InChI=1S/C11H24N2O/c1-10(2,3)13(4)11(9-12)5-7-14-8-6-11/h5-9,12H2,1-4H3. The lowest BCUT2D eigenvalue weighted by Gasteiger charge is -2.50. The van der Waals surface area contributed by atoms with Crippen LogP contribution >= 0.6 is 0 Å². The van der Waals surface area contributed by atoms with E-state index < -0.39 is 0 Å². The molecule has 0 aromatic rings. The number of rotatable bonds is 2. The molecule has 0 radical (unpaired) electrons. The Morgan fingerprint density at radius 2 is 1.79 bits per heavy atom. The Bertz CT molecular complexity index is 180. The minimum atomic E-state index is 0.149. The fraction of sp³-hybridized carbons (Fsp3) is 1.00. The highest BCUT2D eigenvalue weighted by Gasteiger charge is 2.39. The minimum absolute atomic E-state index is 0.149. The first-order valence-electron chi connectivity index (χ1n) is 5.44. The van der Waals surface area contributed by atoms with Gasteiger partial charge in [-0.25, -0.2) is 0 Å². The van der Waals surface area contributed by atoms with Gasteiger partial charge in [-0.2, -0.15) is 0 Å². The zero-order valence-corrected chi connectivity index (χ0v) is 9.97. The molecule has 0 unspecified atom stereocenters. The molecule has 0 amide bonds. The average Bonchev–Trinajstić information content (AvgIpc) is 2.16. The van der Waals surface area contributed by atoms with Gasteiger partial charge < -0.3 is 10.5 Å². The van der Waals surface area contributed by atoms with Gasteiger partial charge in [0.05, 0.1) is 0 Å². The second-order valence-corrected chi connectivity index (χ2v) is 5.27. The van der Waals surface area contributed by atoms with Crippen LogP contribution in [0.25, 0.3) is 0 Å². The van der Waals surface area contributed by atoms with Gasteiger partial charge in [-0.3, -0.25) is 4.90 Å². The summed E-state index contributed by atoms with van der Waals surface area (Å²) < 4.78 is 5.41. The van der Waals surface area contributed by atoms with E-state index in [2.05, 4.69) is 32.7 Å². The molecule has 2 N–H and O–H groups in total. The first kappa shape index (κ1) is 12.0. The Hall–Kier alpha value is -0.120. The summed E-state index contributed by atoms with van der Waals surface area (Å²) in [5.41, 5.74) is 6.27. The molecular weight excluding hydrogens is 176 g/mol. The molecule has 0 aromatic heterocycles. The smallest absolute Gasteiger partial charge is 0.0484 e. The minimum Gasteiger partial charge on any atom is -0.381 e. The molecule has 1 aliphatic rings. The Balaban J connectivity index is 2.77. The topological polar surface area (TPSA) is 38.5 Å². The first-order valence-corrected chi connectivity index (χ1v) is 5.44. The van der Waals surface area contributed by atoms with Crippen molar-refractivity contribution in [3.05, 3.63) is 0 Å². The molecular formula is C11H24N2O. The Morgan fingerprint density at radius 1 is 1.29 bits per heavy atom. The molecule has 0 atom stereocenters. The van der Waals surface area contributed by atoms with Gasteiger partial charge in [0.1, 0.15) is 0 Å². The van der Waals surface area contributed by atoms with E-state index in [1.165, 1.54) is 0 Å². The molecule has 1 aliphatic heterocycles. The van der Waals surface area contributed by atoms with Crippen LogP contribution < -0.4 is 5.73 Å². The van der Waals surface area contributed by atoms with Crippen LogP contribution in [0, 0.1) is 0 Å². The highest BCUT2D eigenvalue weighted by Crippen LogP contribution is 2.31. The molecule has 1 saturated heterocycles. The lowest BCUT2D eigenvalue weighted by Crippen LogP contribution is -2.61. The highest BCUT2D eigenvalue weighted by molar-refractivity contribution is 4.96. The van der Waals surface area contributed by atoms with Crippen molar-refractivity contribution in [3.63, 3.8) is 0 Å². The van der Waals surface area contributed by atoms with E-state index >= 15 is 0 Å². The maximum atomic E-state index is 5.94. The Morgan fingerprint density at radius 3 is 2.14 bits per heavy atom. The molecule has 0 bridgehead atoms. The predicted molar refractivity (Wildman–Crippen MR) is 59.4 cm³/mol. The van der Waals surface area contributed by atoms with Crippen LogP contribution in [0.2, 0.25) is 0 Å². The molecule has 1 rings (SSSR count). The normalized spacial score (nSPS) is 22.7. The van der Waals surface area contributed by atoms with E-state index in [0.717, 1.165) is 32.6 Å². The zero-order chi connectivity index (χ0) is 10.8. The molecule has 0 aliphatic carbocycles. The van der Waals surface area contributed by atoms with Crippen molar-refractivity contribution < 1.29 is 4.74 Å². The van der Waals surface area contributed by atoms with Crippen molar-refractivity contribution >= 4 is 0 Å².